The van der Waals surface area contributed by atoms with Crippen molar-refractivity contribution < 1.29 is 0 Å². The smallest absolute Gasteiger partial charge is 0.109 e. The first kappa shape index (κ1) is 15.2. The molecule has 0 radical (unpaired) electrons. The number of nitrogens with zero attached hydrogens (tertiary/aromatic N) is 2. The number of aryl methyl sites for hydroxylation is 1. The first-order valence-electron chi connectivity index (χ1n) is 7.22. The van der Waals surface area contributed by atoms with Crippen LogP contribution in [0.15, 0.2) is 12.4 Å². The van der Waals surface area contributed by atoms with E-state index in [4.69, 9.17) is 0 Å². The summed E-state index contributed by atoms with van der Waals surface area (Å²) >= 11 is 0. The summed E-state index contributed by atoms with van der Waals surface area (Å²) in [5.41, 5.74) is 0.413. The third kappa shape index (κ3) is 5.67. The maximum absolute atomic E-state index is 4.33. The average molecular weight is 251 g/mol. The second-order valence-corrected chi connectivity index (χ2v) is 6.00. The number of nitrogens with one attached hydrogen (secondary N) is 1. The summed E-state index contributed by atoms with van der Waals surface area (Å²) in [5, 5.41) is 3.56. The third-order valence-corrected chi connectivity index (χ3v) is 3.51. The Kier molecular flexibility index (Phi) is 6.41. The zero-order chi connectivity index (χ0) is 13.4. The van der Waals surface area contributed by atoms with Crippen molar-refractivity contribution in [2.45, 2.75) is 52.9 Å². The molecule has 0 saturated carbocycles. The lowest BCUT2D eigenvalue weighted by Gasteiger charge is -2.25. The van der Waals surface area contributed by atoms with Gasteiger partial charge in [-0.05, 0) is 11.8 Å². The highest BCUT2D eigenvalue weighted by Crippen LogP contribution is 2.22. The monoisotopic (exact) mass is 251 g/mol. The second-order valence-electron chi connectivity index (χ2n) is 6.00. The Bertz CT molecular complexity index is 328. The van der Waals surface area contributed by atoms with Gasteiger partial charge in [0, 0.05) is 39.0 Å². The highest BCUT2D eigenvalue weighted by Gasteiger charge is 2.16. The summed E-state index contributed by atoms with van der Waals surface area (Å²) in [5.74, 6) is 1.16. The molecule has 104 valence electrons. The van der Waals surface area contributed by atoms with Gasteiger partial charge in [-0.2, -0.15) is 0 Å². The third-order valence-electron chi connectivity index (χ3n) is 3.51. The van der Waals surface area contributed by atoms with Crippen molar-refractivity contribution in [3.8, 4) is 0 Å². The van der Waals surface area contributed by atoms with Gasteiger partial charge in [0.15, 0.2) is 0 Å². The lowest BCUT2D eigenvalue weighted by Crippen LogP contribution is -2.31. The van der Waals surface area contributed by atoms with E-state index in [2.05, 4.69) is 42.7 Å². The number of hydrogen-bond acceptors (Lipinski definition) is 2. The van der Waals surface area contributed by atoms with E-state index in [-0.39, 0.29) is 0 Å². The van der Waals surface area contributed by atoms with Crippen LogP contribution in [0.1, 0.15) is 52.3 Å². The predicted octanol–water partition coefficient (Wildman–Crippen LogP) is 3.16. The summed E-state index contributed by atoms with van der Waals surface area (Å²) in [6, 6.07) is 0. The zero-order valence-corrected chi connectivity index (χ0v) is 12.5. The van der Waals surface area contributed by atoms with Gasteiger partial charge in [0.2, 0.25) is 0 Å². The van der Waals surface area contributed by atoms with Crippen LogP contribution in [0.5, 0.6) is 0 Å². The molecule has 1 N–H and O–H groups in total. The van der Waals surface area contributed by atoms with Gasteiger partial charge in [0.25, 0.3) is 0 Å². The van der Waals surface area contributed by atoms with E-state index in [9.17, 15) is 0 Å². The number of hydrogen-bond donors (Lipinski definition) is 1. The Morgan fingerprint density at radius 2 is 2.11 bits per heavy atom. The minimum atomic E-state index is 0.413. The van der Waals surface area contributed by atoms with Gasteiger partial charge in [0.05, 0.1) is 0 Å². The molecule has 0 aromatic carbocycles. The Morgan fingerprint density at radius 1 is 1.33 bits per heavy atom. The van der Waals surface area contributed by atoms with E-state index in [0.29, 0.717) is 5.41 Å². The molecule has 3 nitrogen and oxygen atoms in total. The molecule has 0 aliphatic heterocycles. The molecule has 0 saturated heterocycles. The fourth-order valence-electron chi connectivity index (χ4n) is 2.21. The molecular formula is C15H29N3. The molecule has 1 rings (SSSR count). The Hall–Kier alpha value is -0.830. The largest absolute Gasteiger partial charge is 0.338 e. The highest BCUT2D eigenvalue weighted by atomic mass is 15.0. The zero-order valence-electron chi connectivity index (χ0n) is 12.5. The number of unbranched alkanes of at least 4 members (excludes halogenated alkanes) is 2. The average Bonchev–Trinajstić information content (AvgIpc) is 2.71. The SMILES string of the molecule is CCCCCC(C)(C)CNCCc1nccn1C. The maximum atomic E-state index is 4.33. The molecule has 0 fully saturated rings. The van der Waals surface area contributed by atoms with Crippen LogP contribution < -0.4 is 5.32 Å². The molecule has 0 spiro atoms. The molecule has 0 atom stereocenters. The van der Waals surface area contributed by atoms with E-state index >= 15 is 0 Å². The van der Waals surface area contributed by atoms with Crippen LogP contribution in [0.2, 0.25) is 0 Å². The Morgan fingerprint density at radius 3 is 2.72 bits per heavy atom. The summed E-state index contributed by atoms with van der Waals surface area (Å²) in [7, 11) is 2.05. The minimum Gasteiger partial charge on any atom is -0.338 e. The van der Waals surface area contributed by atoms with Gasteiger partial charge < -0.3 is 9.88 Å². The van der Waals surface area contributed by atoms with E-state index in [1.54, 1.807) is 0 Å². The summed E-state index contributed by atoms with van der Waals surface area (Å²) < 4.78 is 2.09. The standard InChI is InChI=1S/C15H29N3/c1-5-6-7-9-15(2,3)13-16-10-8-14-17-11-12-18(14)4/h11-12,16H,5-10,13H2,1-4H3. The van der Waals surface area contributed by atoms with Crippen LogP contribution in [0.4, 0.5) is 0 Å². The van der Waals surface area contributed by atoms with Gasteiger partial charge >= 0.3 is 0 Å². The van der Waals surface area contributed by atoms with Gasteiger partial charge in [-0.25, -0.2) is 4.98 Å². The van der Waals surface area contributed by atoms with Gasteiger partial charge in [-0.15, -0.1) is 0 Å². The van der Waals surface area contributed by atoms with Crippen molar-refractivity contribution in [3.05, 3.63) is 18.2 Å². The maximum Gasteiger partial charge on any atom is 0.109 e. The molecule has 0 aliphatic rings. The van der Waals surface area contributed by atoms with Crippen LogP contribution in [-0.4, -0.2) is 22.6 Å². The number of imidazole rings is 1. The van der Waals surface area contributed by atoms with Gasteiger partial charge in [0.1, 0.15) is 5.82 Å². The van der Waals surface area contributed by atoms with E-state index < -0.39 is 0 Å². The van der Waals surface area contributed by atoms with Crippen molar-refractivity contribution in [1.82, 2.24) is 14.9 Å². The first-order chi connectivity index (χ1) is 8.55. The molecule has 0 amide bonds. The van der Waals surface area contributed by atoms with Crippen LogP contribution >= 0.6 is 0 Å². The molecule has 1 aromatic rings. The van der Waals surface area contributed by atoms with Crippen molar-refractivity contribution in [2.75, 3.05) is 13.1 Å². The molecule has 0 unspecified atom stereocenters. The number of rotatable bonds is 9. The fraction of sp³-hybridized carbons (Fsp3) is 0.800. The quantitative estimate of drug-likeness (QED) is 0.683. The van der Waals surface area contributed by atoms with E-state index in [0.717, 1.165) is 25.3 Å². The van der Waals surface area contributed by atoms with Crippen molar-refractivity contribution in [2.24, 2.45) is 12.5 Å². The lowest BCUT2D eigenvalue weighted by molar-refractivity contribution is 0.303. The van der Waals surface area contributed by atoms with Crippen molar-refractivity contribution >= 4 is 0 Å². The Labute approximate surface area is 112 Å². The van der Waals surface area contributed by atoms with Crippen LogP contribution in [0, 0.1) is 5.41 Å². The lowest BCUT2D eigenvalue weighted by atomic mass is 9.87. The van der Waals surface area contributed by atoms with Gasteiger partial charge in [-0.1, -0.05) is 40.0 Å². The molecular weight excluding hydrogens is 222 g/mol. The Balaban J connectivity index is 2.14. The van der Waals surface area contributed by atoms with Crippen LogP contribution in [0.25, 0.3) is 0 Å². The van der Waals surface area contributed by atoms with Crippen molar-refractivity contribution in [1.29, 1.82) is 0 Å². The molecule has 0 aliphatic carbocycles. The summed E-state index contributed by atoms with van der Waals surface area (Å²) in [6.45, 7) is 9.09. The first-order valence-corrected chi connectivity index (χ1v) is 7.22. The van der Waals surface area contributed by atoms with E-state index in [1.807, 2.05) is 12.4 Å². The molecule has 1 heterocycles. The topological polar surface area (TPSA) is 29.9 Å². The van der Waals surface area contributed by atoms with Crippen molar-refractivity contribution in [3.63, 3.8) is 0 Å². The summed E-state index contributed by atoms with van der Waals surface area (Å²) in [6.07, 6.45) is 10.2. The normalized spacial score (nSPS) is 12.0. The molecule has 3 heteroatoms. The minimum absolute atomic E-state index is 0.413. The molecule has 1 aromatic heterocycles. The highest BCUT2D eigenvalue weighted by molar-refractivity contribution is 4.91. The molecule has 0 bridgehead atoms. The van der Waals surface area contributed by atoms with Crippen LogP contribution in [0.3, 0.4) is 0 Å². The van der Waals surface area contributed by atoms with Gasteiger partial charge in [-0.3, -0.25) is 0 Å². The summed E-state index contributed by atoms with van der Waals surface area (Å²) in [4.78, 5) is 4.33. The van der Waals surface area contributed by atoms with E-state index in [1.165, 1.54) is 25.7 Å². The van der Waals surface area contributed by atoms with Crippen LogP contribution in [-0.2, 0) is 13.5 Å². The second kappa shape index (κ2) is 7.57. The number of aromatic nitrogens is 2. The fourth-order valence-corrected chi connectivity index (χ4v) is 2.21. The molecule has 18 heavy (non-hydrogen) atoms. The predicted molar refractivity (Wildman–Crippen MR) is 77.7 cm³/mol.